The summed E-state index contributed by atoms with van der Waals surface area (Å²) in [5, 5.41) is 1.12. The molecule has 1 fully saturated rings. The number of hydrogen-bond donors (Lipinski definition) is 0. The lowest BCUT2D eigenvalue weighted by Gasteiger charge is -2.09. The zero-order chi connectivity index (χ0) is 13.6. The number of benzene rings is 1. The summed E-state index contributed by atoms with van der Waals surface area (Å²) in [5.74, 6) is 1.13. The Balaban J connectivity index is 2.14. The fraction of sp³-hybridized carbons (Fsp3) is 0.231. The van der Waals surface area contributed by atoms with Crippen molar-refractivity contribution >= 4 is 61.7 Å². The molecule has 0 N–H and O–H groups in total. The van der Waals surface area contributed by atoms with Gasteiger partial charge in [-0.3, -0.25) is 0 Å². The van der Waals surface area contributed by atoms with Crippen LogP contribution < -0.4 is 0 Å². The molecule has 0 spiro atoms. The van der Waals surface area contributed by atoms with E-state index in [0.29, 0.717) is 21.9 Å². The Morgan fingerprint density at radius 1 is 1.21 bits per heavy atom. The molecule has 1 aromatic heterocycles. The monoisotopic (exact) mass is 468 g/mol. The zero-order valence-electron chi connectivity index (χ0n) is 9.63. The van der Waals surface area contributed by atoms with Crippen molar-refractivity contribution in [3.05, 3.63) is 42.1 Å². The third-order valence-corrected chi connectivity index (χ3v) is 5.43. The highest BCUT2D eigenvalue weighted by Crippen LogP contribution is 2.43. The van der Waals surface area contributed by atoms with E-state index in [2.05, 4.69) is 48.5 Å². The fourth-order valence-electron chi connectivity index (χ4n) is 1.85. The van der Waals surface area contributed by atoms with Gasteiger partial charge in [0.05, 0.1) is 14.3 Å². The minimum absolute atomic E-state index is 0.506. The smallest absolute Gasteiger partial charge is 0.162 e. The van der Waals surface area contributed by atoms with Crippen LogP contribution in [-0.4, -0.2) is 9.97 Å². The molecule has 6 heteroatoms. The Morgan fingerprint density at radius 3 is 2.58 bits per heavy atom. The number of aromatic nitrogens is 2. The van der Waals surface area contributed by atoms with Crippen molar-refractivity contribution in [1.29, 1.82) is 0 Å². The van der Waals surface area contributed by atoms with Crippen molar-refractivity contribution < 1.29 is 0 Å². The maximum Gasteiger partial charge on any atom is 0.162 e. The van der Waals surface area contributed by atoms with Crippen molar-refractivity contribution in [1.82, 2.24) is 9.97 Å². The Bertz CT molecular complexity index is 659. The molecule has 0 amide bonds. The standard InChI is InChI=1S/C13H8BrCl2IN2/c14-7-3-4-8(9(15)5-7)13-18-11(6-1-2-6)10(17)12(16)19-13/h3-6H,1-2H2. The largest absolute Gasteiger partial charge is 0.232 e. The summed E-state index contributed by atoms with van der Waals surface area (Å²) in [6, 6.07) is 5.66. The van der Waals surface area contributed by atoms with Gasteiger partial charge in [0.25, 0.3) is 0 Å². The summed E-state index contributed by atoms with van der Waals surface area (Å²) in [7, 11) is 0. The molecular formula is C13H8BrCl2IN2. The molecule has 0 saturated heterocycles. The third-order valence-electron chi connectivity index (χ3n) is 2.97. The van der Waals surface area contributed by atoms with Crippen molar-refractivity contribution in [2.24, 2.45) is 0 Å². The maximum atomic E-state index is 6.25. The van der Waals surface area contributed by atoms with Gasteiger partial charge in [0.2, 0.25) is 0 Å². The van der Waals surface area contributed by atoms with Gasteiger partial charge in [0, 0.05) is 16.0 Å². The van der Waals surface area contributed by atoms with E-state index in [9.17, 15) is 0 Å². The predicted octanol–water partition coefficient (Wildman–Crippen LogP) is 5.69. The van der Waals surface area contributed by atoms with Crippen LogP contribution in [0.1, 0.15) is 24.5 Å². The minimum atomic E-state index is 0.506. The Kier molecular flexibility index (Phi) is 4.04. The van der Waals surface area contributed by atoms with E-state index in [1.54, 1.807) is 0 Å². The zero-order valence-corrected chi connectivity index (χ0v) is 14.9. The minimum Gasteiger partial charge on any atom is -0.232 e. The van der Waals surface area contributed by atoms with Gasteiger partial charge in [-0.25, -0.2) is 9.97 Å². The molecule has 0 atom stereocenters. The molecular weight excluding hydrogens is 462 g/mol. The van der Waals surface area contributed by atoms with Crippen LogP contribution in [0.3, 0.4) is 0 Å². The van der Waals surface area contributed by atoms with E-state index >= 15 is 0 Å². The number of halogens is 4. The Morgan fingerprint density at radius 2 is 1.95 bits per heavy atom. The summed E-state index contributed by atoms with van der Waals surface area (Å²) in [6.45, 7) is 0. The van der Waals surface area contributed by atoms with Crippen LogP contribution >= 0.6 is 61.7 Å². The molecule has 0 aliphatic heterocycles. The first-order valence-corrected chi connectivity index (χ1v) is 8.37. The van der Waals surface area contributed by atoms with Crippen LogP contribution in [0, 0.1) is 3.57 Å². The molecule has 1 aliphatic rings. The van der Waals surface area contributed by atoms with Gasteiger partial charge < -0.3 is 0 Å². The van der Waals surface area contributed by atoms with Crippen LogP contribution in [0.4, 0.5) is 0 Å². The summed E-state index contributed by atoms with van der Waals surface area (Å²) < 4.78 is 1.89. The topological polar surface area (TPSA) is 25.8 Å². The molecule has 1 aromatic carbocycles. The van der Waals surface area contributed by atoms with Crippen LogP contribution in [0.2, 0.25) is 10.2 Å². The molecule has 0 radical (unpaired) electrons. The molecule has 2 aromatic rings. The van der Waals surface area contributed by atoms with Gasteiger partial charge in [-0.2, -0.15) is 0 Å². The average Bonchev–Trinajstić information content (AvgIpc) is 3.17. The second-order valence-corrected chi connectivity index (χ2v) is 7.20. The normalized spacial score (nSPS) is 14.7. The molecule has 0 bridgehead atoms. The first kappa shape index (κ1) is 14.0. The summed E-state index contributed by atoms with van der Waals surface area (Å²) in [5.41, 5.74) is 1.86. The second-order valence-electron chi connectivity index (χ2n) is 4.44. The molecule has 2 nitrogen and oxygen atoms in total. The first-order valence-electron chi connectivity index (χ1n) is 5.74. The average molecular weight is 470 g/mol. The molecule has 19 heavy (non-hydrogen) atoms. The van der Waals surface area contributed by atoms with Gasteiger partial charge in [0.1, 0.15) is 5.15 Å². The number of rotatable bonds is 2. The van der Waals surface area contributed by atoms with Gasteiger partial charge in [-0.15, -0.1) is 0 Å². The van der Waals surface area contributed by atoms with E-state index < -0.39 is 0 Å². The van der Waals surface area contributed by atoms with Crippen LogP contribution in [0.15, 0.2) is 22.7 Å². The molecule has 1 saturated carbocycles. The van der Waals surface area contributed by atoms with E-state index in [-0.39, 0.29) is 0 Å². The van der Waals surface area contributed by atoms with Gasteiger partial charge in [0.15, 0.2) is 5.82 Å². The highest BCUT2D eigenvalue weighted by Gasteiger charge is 2.29. The van der Waals surface area contributed by atoms with Gasteiger partial charge >= 0.3 is 0 Å². The molecule has 0 unspecified atom stereocenters. The van der Waals surface area contributed by atoms with Crippen molar-refractivity contribution in [2.75, 3.05) is 0 Å². The quantitative estimate of drug-likeness (QED) is 0.417. The molecule has 98 valence electrons. The Hall–Kier alpha value is 0.0900. The van der Waals surface area contributed by atoms with Crippen molar-refractivity contribution in [2.45, 2.75) is 18.8 Å². The van der Waals surface area contributed by atoms with E-state index in [1.807, 2.05) is 18.2 Å². The lowest BCUT2D eigenvalue weighted by Crippen LogP contribution is -1.99. The van der Waals surface area contributed by atoms with Crippen LogP contribution in [-0.2, 0) is 0 Å². The highest BCUT2D eigenvalue weighted by molar-refractivity contribution is 14.1. The van der Waals surface area contributed by atoms with Crippen molar-refractivity contribution in [3.8, 4) is 11.4 Å². The number of nitrogens with zero attached hydrogens (tertiary/aromatic N) is 2. The van der Waals surface area contributed by atoms with Gasteiger partial charge in [-0.05, 0) is 53.6 Å². The second kappa shape index (κ2) is 5.47. The molecule has 1 heterocycles. The summed E-state index contributed by atoms with van der Waals surface area (Å²) in [4.78, 5) is 9.00. The van der Waals surface area contributed by atoms with Gasteiger partial charge in [-0.1, -0.05) is 39.1 Å². The Labute approximate surface area is 143 Å². The SMILES string of the molecule is Clc1cc(Br)ccc1-c1nc(Cl)c(I)c(C2CC2)n1. The lowest BCUT2D eigenvalue weighted by atomic mass is 10.2. The van der Waals surface area contributed by atoms with E-state index in [0.717, 1.165) is 19.3 Å². The predicted molar refractivity (Wildman–Crippen MR) is 89.9 cm³/mol. The van der Waals surface area contributed by atoms with Crippen molar-refractivity contribution in [3.63, 3.8) is 0 Å². The van der Waals surface area contributed by atoms with Crippen LogP contribution in [0.5, 0.6) is 0 Å². The van der Waals surface area contributed by atoms with E-state index in [1.165, 1.54) is 12.8 Å². The third kappa shape index (κ3) is 2.91. The van der Waals surface area contributed by atoms with E-state index in [4.69, 9.17) is 23.2 Å². The first-order chi connectivity index (χ1) is 9.06. The highest BCUT2D eigenvalue weighted by atomic mass is 127. The summed E-state index contributed by atoms with van der Waals surface area (Å²) >= 11 is 18.1. The number of hydrogen-bond acceptors (Lipinski definition) is 2. The lowest BCUT2D eigenvalue weighted by molar-refractivity contribution is 0.978. The summed E-state index contributed by atoms with van der Waals surface area (Å²) in [6.07, 6.45) is 2.35. The molecule has 1 aliphatic carbocycles. The fourth-order valence-corrected chi connectivity index (χ4v) is 3.47. The maximum absolute atomic E-state index is 6.25. The molecule has 3 rings (SSSR count). The van der Waals surface area contributed by atoms with Crippen LogP contribution in [0.25, 0.3) is 11.4 Å².